The third kappa shape index (κ3) is 3.19. The van der Waals surface area contributed by atoms with Crippen LogP contribution in [0, 0.1) is 30.1 Å². The number of fused-ring (bicyclic) bond motifs is 3. The number of aromatic nitrogens is 3. The molecule has 0 unspecified atom stereocenters. The van der Waals surface area contributed by atoms with Crippen molar-refractivity contribution < 1.29 is 9.53 Å². The number of ether oxygens (including phenoxy) is 1. The maximum absolute atomic E-state index is 13.3. The summed E-state index contributed by atoms with van der Waals surface area (Å²) in [6.07, 6.45) is 7.87. The molecule has 0 saturated heterocycles. The van der Waals surface area contributed by atoms with Gasteiger partial charge in [0.05, 0.1) is 12.6 Å². The number of carbonyl (C=O) groups is 1. The minimum Gasteiger partial charge on any atom is -0.496 e. The second-order valence-corrected chi connectivity index (χ2v) is 10.8. The highest BCUT2D eigenvalue weighted by molar-refractivity contribution is 5.92. The minimum absolute atomic E-state index is 0.0639. The average molecular weight is 449 g/mol. The van der Waals surface area contributed by atoms with Gasteiger partial charge < -0.3 is 10.1 Å². The molecule has 0 spiro atoms. The van der Waals surface area contributed by atoms with Gasteiger partial charge in [-0.15, -0.1) is 0 Å². The highest BCUT2D eigenvalue weighted by Crippen LogP contribution is 2.61. The maximum Gasteiger partial charge on any atom is 0.291 e. The molecule has 7 heteroatoms. The van der Waals surface area contributed by atoms with Crippen molar-refractivity contribution in [2.75, 3.05) is 7.11 Å². The van der Waals surface area contributed by atoms with Crippen LogP contribution < -0.4 is 15.6 Å². The molecule has 2 heterocycles. The second kappa shape index (κ2) is 7.34. The number of hydrogen-bond acceptors (Lipinski definition) is 4. The molecule has 33 heavy (non-hydrogen) atoms. The third-order valence-electron chi connectivity index (χ3n) is 8.74. The normalized spacial score (nSPS) is 29.0. The van der Waals surface area contributed by atoms with Gasteiger partial charge in [0.25, 0.3) is 5.56 Å². The summed E-state index contributed by atoms with van der Waals surface area (Å²) in [7, 11) is 1.62. The Morgan fingerprint density at radius 2 is 1.85 bits per heavy atom. The molecule has 4 saturated carbocycles. The Labute approximate surface area is 193 Å². The van der Waals surface area contributed by atoms with E-state index in [-0.39, 0.29) is 29.5 Å². The van der Waals surface area contributed by atoms with E-state index in [0.29, 0.717) is 17.1 Å². The van der Waals surface area contributed by atoms with Crippen LogP contribution in [0.4, 0.5) is 0 Å². The number of rotatable bonds is 5. The van der Waals surface area contributed by atoms with Crippen molar-refractivity contribution in [3.05, 3.63) is 40.4 Å². The van der Waals surface area contributed by atoms with Gasteiger partial charge in [0.15, 0.2) is 0 Å². The molecule has 7 nitrogen and oxygen atoms in total. The predicted molar refractivity (Wildman–Crippen MR) is 126 cm³/mol. The van der Waals surface area contributed by atoms with Crippen molar-refractivity contribution >= 4 is 22.3 Å². The topological polar surface area (TPSA) is 77.6 Å². The molecule has 7 rings (SSSR count). The van der Waals surface area contributed by atoms with Gasteiger partial charge in [-0.05, 0) is 93.7 Å². The molecule has 1 amide bonds. The number of hydrogen-bond donors (Lipinski definition) is 1. The first kappa shape index (κ1) is 20.8. The summed E-state index contributed by atoms with van der Waals surface area (Å²) in [6, 6.07) is 7.68. The minimum atomic E-state index is -0.267. The Bertz CT molecular complexity index is 1290. The fourth-order valence-electron chi connectivity index (χ4n) is 7.68. The summed E-state index contributed by atoms with van der Waals surface area (Å²) in [5, 5.41) is 8.60. The van der Waals surface area contributed by atoms with Crippen LogP contribution in [-0.4, -0.2) is 33.2 Å². The molecule has 3 aromatic rings. The molecule has 4 aliphatic rings. The maximum atomic E-state index is 13.3. The Morgan fingerprint density at radius 3 is 2.48 bits per heavy atom. The van der Waals surface area contributed by atoms with Crippen LogP contribution in [0.2, 0.25) is 0 Å². The van der Waals surface area contributed by atoms with Gasteiger partial charge >= 0.3 is 0 Å². The van der Waals surface area contributed by atoms with E-state index in [0.717, 1.165) is 28.7 Å². The summed E-state index contributed by atoms with van der Waals surface area (Å²) in [5.74, 6) is 3.75. The van der Waals surface area contributed by atoms with E-state index < -0.39 is 0 Å². The lowest BCUT2D eigenvalue weighted by Crippen LogP contribution is -2.56. The quantitative estimate of drug-likeness (QED) is 0.646. The van der Waals surface area contributed by atoms with E-state index in [1.54, 1.807) is 7.11 Å². The van der Waals surface area contributed by atoms with Crippen LogP contribution in [0.25, 0.3) is 16.4 Å². The summed E-state index contributed by atoms with van der Waals surface area (Å²) >= 11 is 0. The van der Waals surface area contributed by atoms with Crippen molar-refractivity contribution in [2.24, 2.45) is 23.2 Å². The standard InChI is InChI=1S/C26H32N4O3/c1-15(26-11-17-7-18(12-26)9-19(8-17)13-26)27-24(31)14-29-25(32)22-10-20-21(30(22)16(2)28-29)5-4-6-23(20)33-3/h4-6,10,15,17-19H,7-9,11-14H2,1-3H3,(H,27,31)/t15-,17?,18?,19?,26?/m0/s1. The van der Waals surface area contributed by atoms with Gasteiger partial charge in [0.2, 0.25) is 5.91 Å². The first-order valence-corrected chi connectivity index (χ1v) is 12.2. The van der Waals surface area contributed by atoms with Crippen LogP contribution in [-0.2, 0) is 11.3 Å². The van der Waals surface area contributed by atoms with E-state index in [1.165, 1.54) is 43.2 Å². The Morgan fingerprint density at radius 1 is 1.18 bits per heavy atom. The number of benzene rings is 1. The molecule has 4 aliphatic carbocycles. The van der Waals surface area contributed by atoms with E-state index in [2.05, 4.69) is 17.3 Å². The van der Waals surface area contributed by atoms with E-state index in [9.17, 15) is 9.59 Å². The molecule has 1 N–H and O–H groups in total. The SMILES string of the molecule is COc1cccc2c1cc1c(=O)n(CC(=O)N[C@@H](C)C34CC5CC(CC(C5)C3)C4)nc(C)n12. The number of carbonyl (C=O) groups excluding carboxylic acids is 1. The van der Waals surface area contributed by atoms with Crippen molar-refractivity contribution in [3.63, 3.8) is 0 Å². The number of methoxy groups -OCH3 is 1. The smallest absolute Gasteiger partial charge is 0.291 e. The van der Waals surface area contributed by atoms with Crippen LogP contribution in [0.15, 0.2) is 29.1 Å². The van der Waals surface area contributed by atoms with Crippen LogP contribution in [0.1, 0.15) is 51.3 Å². The molecule has 4 fully saturated rings. The molecule has 4 bridgehead atoms. The monoisotopic (exact) mass is 448 g/mol. The summed E-state index contributed by atoms with van der Waals surface area (Å²) in [6.45, 7) is 3.96. The lowest BCUT2D eigenvalue weighted by molar-refractivity contribution is -0.126. The van der Waals surface area contributed by atoms with Crippen LogP contribution in [0.5, 0.6) is 5.75 Å². The van der Waals surface area contributed by atoms with Crippen LogP contribution in [0.3, 0.4) is 0 Å². The highest BCUT2D eigenvalue weighted by Gasteiger charge is 2.53. The largest absolute Gasteiger partial charge is 0.496 e. The average Bonchev–Trinajstić information content (AvgIpc) is 3.17. The van der Waals surface area contributed by atoms with E-state index >= 15 is 0 Å². The Hall–Kier alpha value is -2.83. The zero-order chi connectivity index (χ0) is 22.9. The molecule has 2 aromatic heterocycles. The number of nitrogens with one attached hydrogen (secondary N) is 1. The van der Waals surface area contributed by atoms with E-state index in [1.807, 2.05) is 35.6 Å². The molecular weight excluding hydrogens is 416 g/mol. The molecule has 0 radical (unpaired) electrons. The molecule has 174 valence electrons. The van der Waals surface area contributed by atoms with Gasteiger partial charge in [-0.1, -0.05) is 6.07 Å². The molecule has 1 atom stereocenters. The molecule has 0 aliphatic heterocycles. The predicted octanol–water partition coefficient (Wildman–Crippen LogP) is 3.69. The first-order chi connectivity index (χ1) is 15.9. The van der Waals surface area contributed by atoms with Gasteiger partial charge in [-0.2, -0.15) is 5.10 Å². The zero-order valence-corrected chi connectivity index (χ0v) is 19.6. The zero-order valence-electron chi connectivity index (χ0n) is 19.6. The van der Waals surface area contributed by atoms with Gasteiger partial charge in [-0.3, -0.25) is 14.0 Å². The highest BCUT2D eigenvalue weighted by atomic mass is 16.5. The van der Waals surface area contributed by atoms with Crippen molar-refractivity contribution in [1.82, 2.24) is 19.5 Å². The Kier molecular flexibility index (Phi) is 4.61. The summed E-state index contributed by atoms with van der Waals surface area (Å²) in [5.41, 5.74) is 1.34. The molecular formula is C26H32N4O3. The fourth-order valence-corrected chi connectivity index (χ4v) is 7.68. The lowest BCUT2D eigenvalue weighted by Gasteiger charge is -2.59. The summed E-state index contributed by atoms with van der Waals surface area (Å²) < 4.78 is 8.61. The van der Waals surface area contributed by atoms with Crippen molar-refractivity contribution in [1.29, 1.82) is 0 Å². The first-order valence-electron chi connectivity index (χ1n) is 12.2. The van der Waals surface area contributed by atoms with Gasteiger partial charge in [0, 0.05) is 11.4 Å². The number of aryl methyl sites for hydroxylation is 1. The van der Waals surface area contributed by atoms with Crippen LogP contribution >= 0.6 is 0 Å². The number of amides is 1. The van der Waals surface area contributed by atoms with Crippen molar-refractivity contribution in [3.8, 4) is 5.75 Å². The number of nitrogens with zero attached hydrogens (tertiary/aromatic N) is 3. The van der Waals surface area contributed by atoms with Gasteiger partial charge in [0.1, 0.15) is 23.6 Å². The second-order valence-electron chi connectivity index (χ2n) is 10.8. The Balaban J connectivity index is 1.27. The van der Waals surface area contributed by atoms with E-state index in [4.69, 9.17) is 4.74 Å². The third-order valence-corrected chi connectivity index (χ3v) is 8.74. The fraction of sp³-hybridized carbons (Fsp3) is 0.577. The lowest BCUT2D eigenvalue weighted by atomic mass is 9.48. The van der Waals surface area contributed by atoms with Crippen molar-refractivity contribution in [2.45, 2.75) is 65.0 Å². The molecule has 1 aromatic carbocycles. The summed E-state index contributed by atoms with van der Waals surface area (Å²) in [4.78, 5) is 26.3. The van der Waals surface area contributed by atoms with Gasteiger partial charge in [-0.25, -0.2) is 4.68 Å².